The SMILES string of the molecule is C=CCn1c(C)c(/C=C(\C#N)C(=O)NCC)c2ccccc21. The highest BCUT2D eigenvalue weighted by Gasteiger charge is 2.14. The summed E-state index contributed by atoms with van der Waals surface area (Å²) in [6.07, 6.45) is 3.50. The van der Waals surface area contributed by atoms with Crippen LogP contribution in [0.15, 0.2) is 42.5 Å². The van der Waals surface area contributed by atoms with Crippen molar-refractivity contribution in [3.63, 3.8) is 0 Å². The number of benzene rings is 1. The summed E-state index contributed by atoms with van der Waals surface area (Å²) < 4.78 is 2.13. The van der Waals surface area contributed by atoms with Crippen molar-refractivity contribution in [1.82, 2.24) is 9.88 Å². The quantitative estimate of drug-likeness (QED) is 0.523. The van der Waals surface area contributed by atoms with E-state index in [-0.39, 0.29) is 11.5 Å². The number of likely N-dealkylation sites (N-methyl/N-ethyl adjacent to an activating group) is 1. The second kappa shape index (κ2) is 6.77. The standard InChI is InChI=1S/C18H19N3O/c1-4-10-21-13(3)16(15-8-6-7-9-17(15)21)11-14(12-19)18(22)20-5-2/h4,6-9,11H,1,5,10H2,2-3H3,(H,20,22)/b14-11+. The third-order valence-electron chi connectivity index (χ3n) is 3.58. The van der Waals surface area contributed by atoms with Gasteiger partial charge in [-0.1, -0.05) is 24.3 Å². The Labute approximate surface area is 130 Å². The van der Waals surface area contributed by atoms with Crippen molar-refractivity contribution < 1.29 is 4.79 Å². The molecule has 0 aliphatic carbocycles. The third-order valence-corrected chi connectivity index (χ3v) is 3.58. The molecule has 1 aromatic heterocycles. The molecule has 0 aliphatic rings. The molecular formula is C18H19N3O. The fraction of sp³-hybridized carbons (Fsp3) is 0.222. The number of carbonyl (C=O) groups is 1. The average Bonchev–Trinajstić information content (AvgIpc) is 2.78. The number of rotatable bonds is 5. The summed E-state index contributed by atoms with van der Waals surface area (Å²) in [7, 11) is 0. The van der Waals surface area contributed by atoms with E-state index in [0.29, 0.717) is 13.1 Å². The Kier molecular flexibility index (Phi) is 4.80. The number of fused-ring (bicyclic) bond motifs is 1. The zero-order chi connectivity index (χ0) is 16.1. The van der Waals surface area contributed by atoms with Gasteiger partial charge in [-0.25, -0.2) is 0 Å². The van der Waals surface area contributed by atoms with E-state index in [1.807, 2.05) is 50.3 Å². The topological polar surface area (TPSA) is 57.8 Å². The molecular weight excluding hydrogens is 274 g/mol. The molecule has 1 N–H and O–H groups in total. The van der Waals surface area contributed by atoms with Gasteiger partial charge in [0.25, 0.3) is 5.91 Å². The molecule has 0 atom stereocenters. The predicted molar refractivity (Wildman–Crippen MR) is 89.1 cm³/mol. The second-order valence-corrected chi connectivity index (χ2v) is 4.94. The van der Waals surface area contributed by atoms with Crippen molar-refractivity contribution in [1.29, 1.82) is 5.26 Å². The molecule has 0 fully saturated rings. The molecule has 0 saturated carbocycles. The van der Waals surface area contributed by atoms with Crippen molar-refractivity contribution in [3.05, 3.63) is 53.8 Å². The van der Waals surface area contributed by atoms with Crippen molar-refractivity contribution in [2.75, 3.05) is 6.54 Å². The van der Waals surface area contributed by atoms with Crippen LogP contribution in [0.5, 0.6) is 0 Å². The van der Waals surface area contributed by atoms with E-state index < -0.39 is 0 Å². The van der Waals surface area contributed by atoms with Crippen LogP contribution in [0, 0.1) is 18.3 Å². The Balaban J connectivity index is 2.65. The molecule has 1 amide bonds. The van der Waals surface area contributed by atoms with Crippen LogP contribution in [0.3, 0.4) is 0 Å². The normalized spacial score (nSPS) is 11.2. The van der Waals surface area contributed by atoms with Gasteiger partial charge in [0.15, 0.2) is 0 Å². The molecule has 1 heterocycles. The number of nitrogens with one attached hydrogen (secondary N) is 1. The maximum absolute atomic E-state index is 11.9. The first kappa shape index (κ1) is 15.6. The van der Waals surface area contributed by atoms with Crippen LogP contribution in [-0.4, -0.2) is 17.0 Å². The minimum Gasteiger partial charge on any atom is -0.352 e. The van der Waals surface area contributed by atoms with E-state index in [2.05, 4.69) is 16.5 Å². The molecule has 4 nitrogen and oxygen atoms in total. The second-order valence-electron chi connectivity index (χ2n) is 4.94. The van der Waals surface area contributed by atoms with Crippen LogP contribution >= 0.6 is 0 Å². The highest BCUT2D eigenvalue weighted by Crippen LogP contribution is 2.28. The lowest BCUT2D eigenvalue weighted by Gasteiger charge is -2.04. The minimum absolute atomic E-state index is 0.117. The fourth-order valence-electron chi connectivity index (χ4n) is 2.55. The molecule has 0 spiro atoms. The van der Waals surface area contributed by atoms with Gasteiger partial charge in [0, 0.05) is 35.2 Å². The monoisotopic (exact) mass is 293 g/mol. The van der Waals surface area contributed by atoms with E-state index in [4.69, 9.17) is 0 Å². The Hall–Kier alpha value is -2.80. The summed E-state index contributed by atoms with van der Waals surface area (Å²) in [4.78, 5) is 11.9. The predicted octanol–water partition coefficient (Wildman–Crippen LogP) is 3.18. The average molecular weight is 293 g/mol. The molecule has 2 rings (SSSR count). The lowest BCUT2D eigenvalue weighted by atomic mass is 10.1. The molecule has 1 aromatic carbocycles. The zero-order valence-corrected chi connectivity index (χ0v) is 12.9. The molecule has 0 aliphatic heterocycles. The van der Waals surface area contributed by atoms with E-state index in [1.165, 1.54) is 0 Å². The number of hydrogen-bond acceptors (Lipinski definition) is 2. The highest BCUT2D eigenvalue weighted by molar-refractivity contribution is 6.04. The van der Waals surface area contributed by atoms with Gasteiger partial charge in [0.05, 0.1) is 0 Å². The third kappa shape index (κ3) is 2.79. The van der Waals surface area contributed by atoms with Gasteiger partial charge < -0.3 is 9.88 Å². The Bertz CT molecular complexity index is 791. The van der Waals surface area contributed by atoms with E-state index >= 15 is 0 Å². The Morgan fingerprint density at radius 2 is 2.18 bits per heavy atom. The largest absolute Gasteiger partial charge is 0.352 e. The number of allylic oxidation sites excluding steroid dienone is 1. The first-order valence-electron chi connectivity index (χ1n) is 7.22. The molecule has 0 saturated heterocycles. The van der Waals surface area contributed by atoms with Crippen LogP contribution in [0.4, 0.5) is 0 Å². The van der Waals surface area contributed by atoms with Gasteiger partial charge in [-0.3, -0.25) is 4.79 Å². The maximum Gasteiger partial charge on any atom is 0.261 e. The van der Waals surface area contributed by atoms with Crippen molar-refractivity contribution in [2.45, 2.75) is 20.4 Å². The molecule has 0 radical (unpaired) electrons. The minimum atomic E-state index is -0.343. The van der Waals surface area contributed by atoms with Gasteiger partial charge in [0.1, 0.15) is 11.6 Å². The molecule has 4 heteroatoms. The van der Waals surface area contributed by atoms with Crippen molar-refractivity contribution >= 4 is 22.9 Å². The molecule has 22 heavy (non-hydrogen) atoms. The summed E-state index contributed by atoms with van der Waals surface area (Å²) in [5, 5.41) is 12.9. The number of para-hydroxylation sites is 1. The van der Waals surface area contributed by atoms with Crippen LogP contribution in [0.2, 0.25) is 0 Å². The van der Waals surface area contributed by atoms with Gasteiger partial charge in [0.2, 0.25) is 0 Å². The van der Waals surface area contributed by atoms with Gasteiger partial charge in [-0.2, -0.15) is 5.26 Å². The number of carbonyl (C=O) groups excluding carboxylic acids is 1. The summed E-state index contributed by atoms with van der Waals surface area (Å²) in [6.45, 7) is 8.78. The lowest BCUT2D eigenvalue weighted by Crippen LogP contribution is -2.23. The van der Waals surface area contributed by atoms with E-state index in [1.54, 1.807) is 6.08 Å². The summed E-state index contributed by atoms with van der Waals surface area (Å²) in [5.74, 6) is -0.343. The Morgan fingerprint density at radius 3 is 2.82 bits per heavy atom. The number of nitrogens with zero attached hydrogens (tertiary/aromatic N) is 2. The molecule has 2 aromatic rings. The fourth-order valence-corrected chi connectivity index (χ4v) is 2.55. The summed E-state index contributed by atoms with van der Waals surface area (Å²) in [6, 6.07) is 9.95. The van der Waals surface area contributed by atoms with Crippen LogP contribution < -0.4 is 5.32 Å². The smallest absolute Gasteiger partial charge is 0.261 e. The number of amides is 1. The maximum atomic E-state index is 11.9. The highest BCUT2D eigenvalue weighted by atomic mass is 16.1. The van der Waals surface area contributed by atoms with Gasteiger partial charge >= 0.3 is 0 Å². The molecule has 0 unspecified atom stereocenters. The van der Waals surface area contributed by atoms with E-state index in [0.717, 1.165) is 22.2 Å². The van der Waals surface area contributed by atoms with E-state index in [9.17, 15) is 10.1 Å². The first-order chi connectivity index (χ1) is 10.6. The number of hydrogen-bond donors (Lipinski definition) is 1. The van der Waals surface area contributed by atoms with Gasteiger partial charge in [-0.05, 0) is 26.0 Å². The van der Waals surface area contributed by atoms with Crippen LogP contribution in [0.1, 0.15) is 18.2 Å². The van der Waals surface area contributed by atoms with Gasteiger partial charge in [-0.15, -0.1) is 6.58 Å². The summed E-state index contributed by atoms with van der Waals surface area (Å²) in [5.41, 5.74) is 3.10. The Morgan fingerprint density at radius 1 is 1.45 bits per heavy atom. The van der Waals surface area contributed by atoms with Crippen LogP contribution in [-0.2, 0) is 11.3 Å². The first-order valence-corrected chi connectivity index (χ1v) is 7.22. The van der Waals surface area contributed by atoms with Crippen molar-refractivity contribution in [2.24, 2.45) is 0 Å². The number of nitriles is 1. The number of aromatic nitrogens is 1. The zero-order valence-electron chi connectivity index (χ0n) is 12.9. The summed E-state index contributed by atoms with van der Waals surface area (Å²) >= 11 is 0. The molecule has 0 bridgehead atoms. The molecule has 112 valence electrons. The van der Waals surface area contributed by atoms with Crippen LogP contribution in [0.25, 0.3) is 17.0 Å². The van der Waals surface area contributed by atoms with Crippen molar-refractivity contribution in [3.8, 4) is 6.07 Å². The lowest BCUT2D eigenvalue weighted by molar-refractivity contribution is -0.116.